The average Bonchev–Trinajstić information content (AvgIpc) is 2.89. The van der Waals surface area contributed by atoms with Crippen LogP contribution in [0.1, 0.15) is 51.2 Å². The van der Waals surface area contributed by atoms with E-state index in [2.05, 4.69) is 43.1 Å². The van der Waals surface area contributed by atoms with E-state index in [-0.39, 0.29) is 10.8 Å². The predicted octanol–water partition coefficient (Wildman–Crippen LogP) is 2.79. The van der Waals surface area contributed by atoms with Crippen LogP contribution in [0.4, 0.5) is 0 Å². The largest absolute Gasteiger partial charge is 0.409 e. The summed E-state index contributed by atoms with van der Waals surface area (Å²) in [6, 6.07) is 0. The summed E-state index contributed by atoms with van der Waals surface area (Å²) in [5.74, 6) is 0.353. The highest BCUT2D eigenvalue weighted by atomic mass is 32.1. The Morgan fingerprint density at radius 3 is 2.57 bits per heavy atom. The van der Waals surface area contributed by atoms with Gasteiger partial charge < -0.3 is 10.9 Å². The number of nitrogens with zero attached hydrogens (tertiary/aromatic N) is 3. The van der Waals surface area contributed by atoms with Crippen molar-refractivity contribution in [2.45, 2.75) is 52.5 Å². The maximum atomic E-state index is 8.87. The lowest BCUT2D eigenvalue weighted by Crippen LogP contribution is -2.45. The Hall–Kier alpha value is -1.14. The fraction of sp³-hybridized carbons (Fsp3) is 0.733. The first kappa shape index (κ1) is 16.2. The molecule has 5 nitrogen and oxygen atoms in total. The predicted molar refractivity (Wildman–Crippen MR) is 86.8 cm³/mol. The zero-order chi connectivity index (χ0) is 15.7. The minimum Gasteiger partial charge on any atom is -0.409 e. The topological polar surface area (TPSA) is 74.7 Å². The van der Waals surface area contributed by atoms with Gasteiger partial charge in [0.05, 0.1) is 12.2 Å². The molecule has 21 heavy (non-hydrogen) atoms. The molecule has 6 heteroatoms. The van der Waals surface area contributed by atoms with Gasteiger partial charge in [0.25, 0.3) is 0 Å². The summed E-state index contributed by atoms with van der Waals surface area (Å²) in [6.45, 7) is 11.4. The molecule has 1 aliphatic rings. The van der Waals surface area contributed by atoms with E-state index in [4.69, 9.17) is 15.9 Å². The molecule has 0 spiro atoms. The van der Waals surface area contributed by atoms with Crippen LogP contribution in [0.25, 0.3) is 0 Å². The molecule has 2 rings (SSSR count). The fourth-order valence-corrected chi connectivity index (χ4v) is 3.56. The van der Waals surface area contributed by atoms with Crippen LogP contribution in [-0.2, 0) is 12.0 Å². The highest BCUT2D eigenvalue weighted by Gasteiger charge is 2.34. The van der Waals surface area contributed by atoms with Crippen molar-refractivity contribution in [3.05, 3.63) is 16.1 Å². The molecule has 0 radical (unpaired) electrons. The van der Waals surface area contributed by atoms with Crippen molar-refractivity contribution in [3.8, 4) is 0 Å². The molecule has 0 amide bonds. The van der Waals surface area contributed by atoms with Crippen molar-refractivity contribution in [3.63, 3.8) is 0 Å². The molecule has 2 heterocycles. The number of rotatable bonds is 3. The van der Waals surface area contributed by atoms with Crippen molar-refractivity contribution >= 4 is 17.2 Å². The highest BCUT2D eigenvalue weighted by Crippen LogP contribution is 2.32. The Morgan fingerprint density at radius 1 is 1.48 bits per heavy atom. The third-order valence-corrected chi connectivity index (χ3v) is 5.20. The van der Waals surface area contributed by atoms with Crippen molar-refractivity contribution in [1.29, 1.82) is 0 Å². The van der Waals surface area contributed by atoms with Gasteiger partial charge >= 0.3 is 0 Å². The molecule has 0 aliphatic carbocycles. The number of aromatic nitrogens is 1. The minimum absolute atomic E-state index is 0.112. The summed E-state index contributed by atoms with van der Waals surface area (Å²) in [5.41, 5.74) is 6.91. The van der Waals surface area contributed by atoms with Crippen LogP contribution in [0, 0.1) is 5.41 Å². The van der Waals surface area contributed by atoms with Crippen molar-refractivity contribution in [2.24, 2.45) is 16.3 Å². The molecule has 0 unspecified atom stereocenters. The smallest absolute Gasteiger partial charge is 0.145 e. The van der Waals surface area contributed by atoms with Crippen molar-refractivity contribution in [1.82, 2.24) is 9.88 Å². The lowest BCUT2D eigenvalue weighted by molar-refractivity contribution is 0.152. The number of nitrogens with two attached hydrogens (primary N) is 1. The first-order chi connectivity index (χ1) is 9.74. The quantitative estimate of drug-likeness (QED) is 0.390. The van der Waals surface area contributed by atoms with Crippen molar-refractivity contribution in [2.75, 3.05) is 13.1 Å². The van der Waals surface area contributed by atoms with E-state index >= 15 is 0 Å². The van der Waals surface area contributed by atoms with E-state index in [0.717, 1.165) is 32.5 Å². The third-order valence-electron chi connectivity index (χ3n) is 4.36. The molecular weight excluding hydrogens is 284 g/mol. The molecule has 1 aromatic rings. The van der Waals surface area contributed by atoms with Gasteiger partial charge in [0.2, 0.25) is 0 Å². The van der Waals surface area contributed by atoms with E-state index in [1.54, 1.807) is 11.3 Å². The number of hydrogen-bond donors (Lipinski definition) is 2. The normalized spacial score (nSPS) is 20.7. The molecule has 3 N–H and O–H groups in total. The fourth-order valence-electron chi connectivity index (χ4n) is 2.50. The maximum Gasteiger partial charge on any atom is 0.145 e. The highest BCUT2D eigenvalue weighted by molar-refractivity contribution is 7.09. The summed E-state index contributed by atoms with van der Waals surface area (Å²) in [6.07, 6.45) is 1.83. The molecule has 1 saturated heterocycles. The number of piperidine rings is 1. The molecular formula is C15H26N4OS. The Labute approximate surface area is 130 Å². The Kier molecular flexibility index (Phi) is 4.58. The summed E-state index contributed by atoms with van der Waals surface area (Å²) >= 11 is 1.74. The van der Waals surface area contributed by atoms with Crippen LogP contribution in [0.3, 0.4) is 0 Å². The van der Waals surface area contributed by atoms with Crippen LogP contribution < -0.4 is 5.73 Å². The number of thiazole rings is 1. The van der Waals surface area contributed by atoms with Gasteiger partial charge in [-0.05, 0) is 25.9 Å². The SMILES string of the molecule is CC1(C(N)=NO)CCN(Cc2nc(C(C)(C)C)cs2)CC1. The van der Waals surface area contributed by atoms with Gasteiger partial charge in [-0.3, -0.25) is 4.90 Å². The zero-order valence-corrected chi connectivity index (χ0v) is 14.2. The van der Waals surface area contributed by atoms with Crippen LogP contribution in [0.5, 0.6) is 0 Å². The number of amidine groups is 1. The van der Waals surface area contributed by atoms with Gasteiger partial charge in [0.15, 0.2) is 0 Å². The number of hydrogen-bond acceptors (Lipinski definition) is 5. The summed E-state index contributed by atoms with van der Waals surface area (Å²) in [7, 11) is 0. The third kappa shape index (κ3) is 3.74. The van der Waals surface area contributed by atoms with Gasteiger partial charge in [0.1, 0.15) is 10.8 Å². The molecule has 1 aromatic heterocycles. The van der Waals surface area contributed by atoms with Gasteiger partial charge in [-0.25, -0.2) is 4.98 Å². The molecule has 1 fully saturated rings. The lowest BCUT2D eigenvalue weighted by Gasteiger charge is -2.38. The van der Waals surface area contributed by atoms with Gasteiger partial charge in [-0.15, -0.1) is 11.3 Å². The molecule has 0 atom stereocenters. The second kappa shape index (κ2) is 5.93. The van der Waals surface area contributed by atoms with Crippen molar-refractivity contribution < 1.29 is 5.21 Å². The van der Waals surface area contributed by atoms with Crippen LogP contribution in [0.2, 0.25) is 0 Å². The Bertz CT molecular complexity index is 510. The molecule has 1 aliphatic heterocycles. The van der Waals surface area contributed by atoms with Crippen LogP contribution in [0.15, 0.2) is 10.5 Å². The summed E-state index contributed by atoms with van der Waals surface area (Å²) < 4.78 is 0. The van der Waals surface area contributed by atoms with E-state index < -0.39 is 0 Å². The molecule has 0 saturated carbocycles. The van der Waals surface area contributed by atoms with E-state index in [1.807, 2.05) is 0 Å². The Balaban J connectivity index is 1.94. The number of oxime groups is 1. The average molecular weight is 310 g/mol. The van der Waals surface area contributed by atoms with Gasteiger partial charge in [-0.1, -0.05) is 32.9 Å². The Morgan fingerprint density at radius 2 is 2.10 bits per heavy atom. The standard InChI is InChI=1S/C15H26N4OS/c1-14(2,3)11-10-21-12(17-11)9-19-7-5-15(4,6-8-19)13(16)18-20/h10,20H,5-9H2,1-4H3,(H2,16,18). The van der Waals surface area contributed by atoms with Crippen LogP contribution >= 0.6 is 11.3 Å². The maximum absolute atomic E-state index is 8.87. The van der Waals surface area contributed by atoms with Gasteiger partial charge in [-0.2, -0.15) is 0 Å². The molecule has 0 bridgehead atoms. The van der Waals surface area contributed by atoms with E-state index in [0.29, 0.717) is 5.84 Å². The monoisotopic (exact) mass is 310 g/mol. The second-order valence-electron chi connectivity index (χ2n) is 7.20. The first-order valence-electron chi connectivity index (χ1n) is 7.40. The van der Waals surface area contributed by atoms with Gasteiger partial charge in [0, 0.05) is 16.2 Å². The van der Waals surface area contributed by atoms with E-state index in [9.17, 15) is 0 Å². The second-order valence-corrected chi connectivity index (χ2v) is 8.14. The summed E-state index contributed by atoms with van der Waals surface area (Å²) in [5, 5.41) is 15.4. The van der Waals surface area contributed by atoms with E-state index in [1.165, 1.54) is 10.7 Å². The first-order valence-corrected chi connectivity index (χ1v) is 8.28. The molecule has 118 valence electrons. The zero-order valence-electron chi connectivity index (χ0n) is 13.4. The van der Waals surface area contributed by atoms with Crippen LogP contribution in [-0.4, -0.2) is 34.0 Å². The summed E-state index contributed by atoms with van der Waals surface area (Å²) in [4.78, 5) is 7.15. The molecule has 0 aromatic carbocycles. The number of likely N-dealkylation sites (tertiary alicyclic amines) is 1. The minimum atomic E-state index is -0.176. The lowest BCUT2D eigenvalue weighted by atomic mass is 9.79.